The first-order valence-electron chi connectivity index (χ1n) is 2.56. The van der Waals surface area contributed by atoms with Crippen molar-refractivity contribution in [1.82, 2.24) is 0 Å². The molecule has 0 aromatic heterocycles. The van der Waals surface area contributed by atoms with Gasteiger partial charge in [-0.1, -0.05) is 6.92 Å². The molecule has 0 aromatic rings. The molecule has 0 fully saturated rings. The van der Waals surface area contributed by atoms with Gasteiger partial charge < -0.3 is 5.11 Å². The molecule has 0 spiro atoms. The van der Waals surface area contributed by atoms with E-state index < -0.39 is 27.7 Å². The van der Waals surface area contributed by atoms with E-state index in [1.54, 1.807) is 0 Å². The lowest BCUT2D eigenvalue weighted by Crippen LogP contribution is -2.26. The number of carboxylic acid groups (broad SMARTS) is 1. The predicted octanol–water partition coefficient (Wildman–Crippen LogP) is -1.00. The van der Waals surface area contributed by atoms with Crippen LogP contribution in [0.3, 0.4) is 0 Å². The second kappa shape index (κ2) is 2.98. The van der Waals surface area contributed by atoms with Crippen LogP contribution in [0.25, 0.3) is 0 Å². The van der Waals surface area contributed by atoms with E-state index in [0.29, 0.717) is 0 Å². The van der Waals surface area contributed by atoms with Crippen molar-refractivity contribution in [3.63, 3.8) is 0 Å². The topological polar surface area (TPSA) is 97.5 Å². The fourth-order valence-electron chi connectivity index (χ4n) is 0.420. The third kappa shape index (κ3) is 4.28. The highest BCUT2D eigenvalue weighted by atomic mass is 32.2. The molecule has 5 nitrogen and oxygen atoms in total. The van der Waals surface area contributed by atoms with Gasteiger partial charge in [0.25, 0.3) is 0 Å². The molecule has 0 amide bonds. The monoisotopic (exact) mass is 167 g/mol. The van der Waals surface area contributed by atoms with Crippen LogP contribution in [0, 0.1) is 5.92 Å². The van der Waals surface area contributed by atoms with Crippen molar-refractivity contribution in [3.8, 4) is 0 Å². The average Bonchev–Trinajstić information content (AvgIpc) is 1.60. The van der Waals surface area contributed by atoms with E-state index in [1.165, 1.54) is 6.92 Å². The van der Waals surface area contributed by atoms with Crippen LogP contribution in [0.5, 0.6) is 0 Å². The van der Waals surface area contributed by atoms with Gasteiger partial charge in [0.15, 0.2) is 0 Å². The van der Waals surface area contributed by atoms with Crippen molar-refractivity contribution in [3.05, 3.63) is 0 Å². The predicted molar refractivity (Wildman–Crippen MR) is 34.8 cm³/mol. The number of primary sulfonamides is 1. The minimum atomic E-state index is -3.65. The van der Waals surface area contributed by atoms with Gasteiger partial charge in [0.05, 0.1) is 11.7 Å². The molecule has 0 radical (unpaired) electrons. The van der Waals surface area contributed by atoms with Gasteiger partial charge in [-0.3, -0.25) is 4.79 Å². The molecule has 0 aliphatic rings. The molecule has 1 atom stereocenters. The molecule has 0 bridgehead atoms. The SMILES string of the molecule is CC(CS(N)(=O)=O)C(=O)O. The Balaban J connectivity index is 4.06. The lowest BCUT2D eigenvalue weighted by Gasteiger charge is -2.01. The molecule has 3 N–H and O–H groups in total. The van der Waals surface area contributed by atoms with Crippen molar-refractivity contribution >= 4 is 16.0 Å². The molecule has 0 heterocycles. The van der Waals surface area contributed by atoms with Crippen molar-refractivity contribution < 1.29 is 18.3 Å². The summed E-state index contributed by atoms with van der Waals surface area (Å²) in [6.45, 7) is 1.28. The zero-order chi connectivity index (χ0) is 8.36. The van der Waals surface area contributed by atoms with Crippen molar-refractivity contribution in [2.75, 3.05) is 5.75 Å². The fourth-order valence-corrected chi connectivity index (χ4v) is 1.26. The molecule has 60 valence electrons. The summed E-state index contributed by atoms with van der Waals surface area (Å²) in [7, 11) is -3.65. The van der Waals surface area contributed by atoms with Crippen molar-refractivity contribution in [2.24, 2.45) is 11.1 Å². The highest BCUT2D eigenvalue weighted by Crippen LogP contribution is 1.96. The Hall–Kier alpha value is -0.620. The third-order valence-corrected chi connectivity index (χ3v) is 1.87. The Morgan fingerprint density at radius 1 is 1.70 bits per heavy atom. The summed E-state index contributed by atoms with van der Waals surface area (Å²) in [6.07, 6.45) is 0. The van der Waals surface area contributed by atoms with Gasteiger partial charge in [-0.2, -0.15) is 0 Å². The summed E-state index contributed by atoms with van der Waals surface area (Å²) in [6, 6.07) is 0. The first kappa shape index (κ1) is 9.38. The Labute approximate surface area is 58.9 Å². The minimum absolute atomic E-state index is 0.512. The third-order valence-electron chi connectivity index (χ3n) is 0.904. The number of sulfonamides is 1. The van der Waals surface area contributed by atoms with Gasteiger partial charge >= 0.3 is 5.97 Å². The smallest absolute Gasteiger partial charge is 0.307 e. The van der Waals surface area contributed by atoms with Crippen LogP contribution in [0.1, 0.15) is 6.92 Å². The van der Waals surface area contributed by atoms with Crippen LogP contribution in [0.2, 0.25) is 0 Å². The van der Waals surface area contributed by atoms with Gasteiger partial charge in [-0.15, -0.1) is 0 Å². The van der Waals surface area contributed by atoms with Gasteiger partial charge in [0.1, 0.15) is 0 Å². The molecule has 6 heteroatoms. The minimum Gasteiger partial charge on any atom is -0.481 e. The van der Waals surface area contributed by atoms with E-state index in [2.05, 4.69) is 5.14 Å². The number of rotatable bonds is 3. The summed E-state index contributed by atoms with van der Waals surface area (Å²) in [4.78, 5) is 10.1. The van der Waals surface area contributed by atoms with E-state index >= 15 is 0 Å². The highest BCUT2D eigenvalue weighted by Gasteiger charge is 2.16. The summed E-state index contributed by atoms with van der Waals surface area (Å²) < 4.78 is 20.5. The first-order valence-corrected chi connectivity index (χ1v) is 4.28. The van der Waals surface area contributed by atoms with E-state index in [9.17, 15) is 13.2 Å². The number of hydrogen-bond acceptors (Lipinski definition) is 3. The molecule has 10 heavy (non-hydrogen) atoms. The van der Waals surface area contributed by atoms with Crippen LogP contribution in [0.4, 0.5) is 0 Å². The Bertz CT molecular complexity index is 219. The maximum atomic E-state index is 10.3. The lowest BCUT2D eigenvalue weighted by molar-refractivity contribution is -0.140. The van der Waals surface area contributed by atoms with Gasteiger partial charge in [-0.25, -0.2) is 13.6 Å². The van der Waals surface area contributed by atoms with Gasteiger partial charge in [0.2, 0.25) is 10.0 Å². The van der Waals surface area contributed by atoms with Crippen LogP contribution >= 0.6 is 0 Å². The van der Waals surface area contributed by atoms with E-state index in [4.69, 9.17) is 5.11 Å². The Morgan fingerprint density at radius 3 is 2.20 bits per heavy atom. The maximum Gasteiger partial charge on any atom is 0.307 e. The second-order valence-electron chi connectivity index (χ2n) is 2.07. The molecular weight excluding hydrogens is 158 g/mol. The van der Waals surface area contributed by atoms with E-state index in [0.717, 1.165) is 0 Å². The van der Waals surface area contributed by atoms with Crippen LogP contribution < -0.4 is 5.14 Å². The van der Waals surface area contributed by atoms with E-state index in [1.807, 2.05) is 0 Å². The summed E-state index contributed by atoms with van der Waals surface area (Å²) in [5.74, 6) is -2.61. The zero-order valence-electron chi connectivity index (χ0n) is 5.44. The zero-order valence-corrected chi connectivity index (χ0v) is 6.26. The number of carbonyl (C=O) groups is 1. The lowest BCUT2D eigenvalue weighted by atomic mass is 10.2. The Kier molecular flexibility index (Phi) is 2.79. The van der Waals surface area contributed by atoms with E-state index in [-0.39, 0.29) is 0 Å². The normalized spacial score (nSPS) is 14.6. The first-order chi connectivity index (χ1) is 4.33. The second-order valence-corrected chi connectivity index (χ2v) is 3.73. The summed E-state index contributed by atoms with van der Waals surface area (Å²) in [5.41, 5.74) is 0. The molecule has 0 aliphatic carbocycles. The van der Waals surface area contributed by atoms with Crippen molar-refractivity contribution in [2.45, 2.75) is 6.92 Å². The molecular formula is C4H9NO4S. The largest absolute Gasteiger partial charge is 0.481 e. The maximum absolute atomic E-state index is 10.3. The van der Waals surface area contributed by atoms with Gasteiger partial charge in [0, 0.05) is 0 Å². The Morgan fingerprint density at radius 2 is 2.10 bits per heavy atom. The van der Waals surface area contributed by atoms with Crippen LogP contribution in [0.15, 0.2) is 0 Å². The van der Waals surface area contributed by atoms with Crippen molar-refractivity contribution in [1.29, 1.82) is 0 Å². The number of hydrogen-bond donors (Lipinski definition) is 2. The fraction of sp³-hybridized carbons (Fsp3) is 0.750. The highest BCUT2D eigenvalue weighted by molar-refractivity contribution is 7.89. The number of carboxylic acids is 1. The summed E-state index contributed by atoms with van der Waals surface area (Å²) >= 11 is 0. The van der Waals surface area contributed by atoms with Gasteiger partial charge in [-0.05, 0) is 0 Å². The number of nitrogens with two attached hydrogens (primary N) is 1. The average molecular weight is 167 g/mol. The molecule has 0 rings (SSSR count). The number of aliphatic carboxylic acids is 1. The quantitative estimate of drug-likeness (QED) is 0.563. The van der Waals surface area contributed by atoms with Crippen LogP contribution in [-0.4, -0.2) is 25.2 Å². The van der Waals surface area contributed by atoms with Crippen LogP contribution in [-0.2, 0) is 14.8 Å². The molecule has 1 unspecified atom stereocenters. The molecule has 0 aromatic carbocycles. The standard InChI is InChI=1S/C4H9NO4S/c1-3(4(6)7)2-10(5,8)9/h3H,2H2,1H3,(H,6,7)(H2,5,8,9). The molecule has 0 aliphatic heterocycles. The molecule has 0 saturated carbocycles. The molecule has 0 saturated heterocycles. The summed E-state index contributed by atoms with van der Waals surface area (Å²) in [5, 5.41) is 12.8.